The fourth-order valence-electron chi connectivity index (χ4n) is 7.75. The van der Waals surface area contributed by atoms with Crippen molar-refractivity contribution in [2.24, 2.45) is 7.05 Å². The van der Waals surface area contributed by atoms with Crippen molar-refractivity contribution in [2.45, 2.75) is 53.7 Å². The van der Waals surface area contributed by atoms with E-state index in [2.05, 4.69) is 9.88 Å². The minimum absolute atomic E-state index is 0.111. The number of anilines is 1. The topological polar surface area (TPSA) is 115 Å². The number of para-hydroxylation sites is 1. The number of piperazine rings is 1. The van der Waals surface area contributed by atoms with E-state index >= 15 is 0 Å². The van der Waals surface area contributed by atoms with E-state index in [0.717, 1.165) is 85.2 Å². The molecule has 1 amide bonds. The number of ether oxygens (including phenoxy) is 2. The van der Waals surface area contributed by atoms with Crippen LogP contribution in [0.1, 0.15) is 57.5 Å². The Morgan fingerprint density at radius 3 is 2.30 bits per heavy atom. The summed E-state index contributed by atoms with van der Waals surface area (Å²) >= 11 is 6.38. The third-order valence-corrected chi connectivity index (χ3v) is 11.3. The van der Waals surface area contributed by atoms with Crippen molar-refractivity contribution in [1.82, 2.24) is 24.2 Å². The second-order valence-electron chi connectivity index (χ2n) is 14.4. The molecular weight excluding hydrogens is 728 g/mol. The maximum Gasteiger partial charge on any atom is 0.352 e. The van der Waals surface area contributed by atoms with Crippen LogP contribution in [0.4, 0.5) is 5.69 Å². The summed E-state index contributed by atoms with van der Waals surface area (Å²) in [6.45, 7) is 11.5. The van der Waals surface area contributed by atoms with E-state index in [-0.39, 0.29) is 18.2 Å². The molecule has 4 heterocycles. The summed E-state index contributed by atoms with van der Waals surface area (Å²) < 4.78 is 16.3. The third kappa shape index (κ3) is 7.95. The van der Waals surface area contributed by atoms with Crippen LogP contribution < -0.4 is 14.4 Å². The van der Waals surface area contributed by atoms with Gasteiger partial charge in [-0.15, -0.1) is 0 Å². The molecule has 1 aliphatic rings. The van der Waals surface area contributed by atoms with E-state index in [1.807, 2.05) is 109 Å². The van der Waals surface area contributed by atoms with Crippen LogP contribution in [0.5, 0.6) is 11.5 Å². The van der Waals surface area contributed by atoms with E-state index in [0.29, 0.717) is 44.8 Å². The summed E-state index contributed by atoms with van der Waals surface area (Å²) in [6.07, 6.45) is 4.59. The molecule has 1 aliphatic heterocycles. The zero-order valence-corrected chi connectivity index (χ0v) is 33.3. The molecule has 12 heteroatoms. The number of pyridine rings is 1. The van der Waals surface area contributed by atoms with Gasteiger partial charge in [0, 0.05) is 92.0 Å². The number of benzene rings is 3. The van der Waals surface area contributed by atoms with Crippen LogP contribution in [0.2, 0.25) is 5.02 Å². The number of amides is 1. The highest BCUT2D eigenvalue weighted by molar-refractivity contribution is 6.32. The van der Waals surface area contributed by atoms with Gasteiger partial charge in [-0.1, -0.05) is 35.9 Å². The molecule has 6 aromatic rings. The zero-order chi connectivity index (χ0) is 39.5. The van der Waals surface area contributed by atoms with Gasteiger partial charge in [-0.2, -0.15) is 5.10 Å². The molecule has 0 saturated carbocycles. The number of hydrogen-bond acceptors (Lipinski definition) is 7. The summed E-state index contributed by atoms with van der Waals surface area (Å²) in [5.74, 6) is 0.572. The Kier molecular flexibility index (Phi) is 11.3. The van der Waals surface area contributed by atoms with Crippen molar-refractivity contribution in [1.29, 1.82) is 0 Å². The Bertz CT molecular complexity index is 2360. The van der Waals surface area contributed by atoms with Gasteiger partial charge in [0.1, 0.15) is 29.5 Å². The van der Waals surface area contributed by atoms with Gasteiger partial charge in [0.05, 0.1) is 12.1 Å². The molecule has 0 radical (unpaired) electrons. The highest BCUT2D eigenvalue weighted by Crippen LogP contribution is 2.39. The molecule has 3 aromatic carbocycles. The number of aryl methyl sites for hydroxylation is 4. The first-order valence-corrected chi connectivity index (χ1v) is 19.3. The molecule has 290 valence electrons. The number of aromatic carboxylic acids is 1. The lowest BCUT2D eigenvalue weighted by atomic mass is 9.98. The first kappa shape index (κ1) is 38.5. The lowest BCUT2D eigenvalue weighted by molar-refractivity contribution is -0.129. The Labute approximate surface area is 332 Å². The molecule has 0 spiro atoms. The Balaban J connectivity index is 1.20. The van der Waals surface area contributed by atoms with Gasteiger partial charge in [-0.05, 0) is 98.3 Å². The Morgan fingerprint density at radius 2 is 1.64 bits per heavy atom. The van der Waals surface area contributed by atoms with Crippen LogP contribution in [0.15, 0.2) is 79.1 Å². The predicted octanol–water partition coefficient (Wildman–Crippen LogP) is 8.02. The van der Waals surface area contributed by atoms with Crippen molar-refractivity contribution >= 4 is 40.1 Å². The molecule has 1 N–H and O–H groups in total. The number of hydrogen-bond donors (Lipinski definition) is 1. The first-order valence-electron chi connectivity index (χ1n) is 18.9. The number of carbonyl (C=O) groups excluding carboxylic acids is 1. The molecule has 0 bridgehead atoms. The standard InChI is InChI=1S/C44H47ClN6O5/c1-28-23-35(24-29(2)41(28)45)55-22-8-12-37-36-10-6-11-38(42(36)51(43(37)44(53)54)26-32-9-7-17-46-25-32)40-30(3)48(5)47-39(40)27-56-34-15-13-33(14-16-34)50-20-18-49(19-21-50)31(4)52/h6-7,9-11,13-17,23-25H,8,12,18-22,26-27H2,1-5H3,(H,53,54). The number of carbonyl (C=O) groups is 2. The number of carboxylic acid groups (broad SMARTS) is 1. The van der Waals surface area contributed by atoms with Crippen LogP contribution in [-0.2, 0) is 31.4 Å². The van der Waals surface area contributed by atoms with Crippen molar-refractivity contribution in [3.8, 4) is 22.6 Å². The first-order chi connectivity index (χ1) is 27.0. The largest absolute Gasteiger partial charge is 0.494 e. The molecule has 3 aromatic heterocycles. The van der Waals surface area contributed by atoms with Gasteiger partial charge < -0.3 is 28.9 Å². The number of rotatable bonds is 13. The van der Waals surface area contributed by atoms with E-state index in [1.165, 1.54) is 0 Å². The summed E-state index contributed by atoms with van der Waals surface area (Å²) in [4.78, 5) is 33.5. The molecule has 0 atom stereocenters. The molecule has 0 aliphatic carbocycles. The van der Waals surface area contributed by atoms with E-state index in [1.54, 1.807) is 19.3 Å². The second kappa shape index (κ2) is 16.5. The second-order valence-corrected chi connectivity index (χ2v) is 14.8. The van der Waals surface area contributed by atoms with Gasteiger partial charge in [-0.25, -0.2) is 4.79 Å². The monoisotopic (exact) mass is 774 g/mol. The molecule has 0 unspecified atom stereocenters. The molecule has 11 nitrogen and oxygen atoms in total. The molecule has 1 fully saturated rings. The minimum Gasteiger partial charge on any atom is -0.494 e. The third-order valence-electron chi connectivity index (χ3n) is 10.7. The van der Waals surface area contributed by atoms with Gasteiger partial charge in [0.25, 0.3) is 0 Å². The van der Waals surface area contributed by atoms with Gasteiger partial charge in [0.2, 0.25) is 5.91 Å². The highest BCUT2D eigenvalue weighted by atomic mass is 35.5. The number of nitrogens with zero attached hydrogens (tertiary/aromatic N) is 6. The Morgan fingerprint density at radius 1 is 0.911 bits per heavy atom. The number of halogens is 1. The maximum atomic E-state index is 13.2. The normalized spacial score (nSPS) is 13.0. The highest BCUT2D eigenvalue weighted by Gasteiger charge is 2.27. The molecular formula is C44H47ClN6O5. The van der Waals surface area contributed by atoms with E-state index in [9.17, 15) is 14.7 Å². The number of fused-ring (bicyclic) bond motifs is 1. The van der Waals surface area contributed by atoms with Crippen molar-refractivity contribution in [3.63, 3.8) is 0 Å². The van der Waals surface area contributed by atoms with Crippen LogP contribution in [0.3, 0.4) is 0 Å². The van der Waals surface area contributed by atoms with Crippen LogP contribution >= 0.6 is 11.6 Å². The van der Waals surface area contributed by atoms with Crippen LogP contribution in [0, 0.1) is 20.8 Å². The zero-order valence-electron chi connectivity index (χ0n) is 32.5. The van der Waals surface area contributed by atoms with Crippen LogP contribution in [0.25, 0.3) is 22.0 Å². The lowest BCUT2D eigenvalue weighted by Gasteiger charge is -2.35. The average Bonchev–Trinajstić information content (AvgIpc) is 3.67. The molecule has 7 rings (SSSR count). The summed E-state index contributed by atoms with van der Waals surface area (Å²) in [6, 6.07) is 21.7. The quantitative estimate of drug-likeness (QED) is 0.117. The Hall–Kier alpha value is -5.81. The van der Waals surface area contributed by atoms with Gasteiger partial charge >= 0.3 is 5.97 Å². The SMILES string of the molecule is CC(=O)N1CCN(c2ccc(OCc3nn(C)c(C)c3-c3cccc4c(CCCOc5cc(C)c(Cl)c(C)c5)c(C(=O)O)n(Cc5cccnc5)c34)cc2)CC1. The molecule has 1 saturated heterocycles. The maximum absolute atomic E-state index is 13.2. The van der Waals surface area contributed by atoms with Crippen molar-refractivity contribution in [3.05, 3.63) is 123 Å². The van der Waals surface area contributed by atoms with Gasteiger partial charge in [0.15, 0.2) is 0 Å². The fourth-order valence-corrected chi connectivity index (χ4v) is 7.86. The summed E-state index contributed by atoms with van der Waals surface area (Å²) in [5, 5.41) is 17.3. The summed E-state index contributed by atoms with van der Waals surface area (Å²) in [7, 11) is 1.91. The van der Waals surface area contributed by atoms with Crippen LogP contribution in [-0.4, -0.2) is 74.0 Å². The minimum atomic E-state index is -0.994. The fraction of sp³-hybridized carbons (Fsp3) is 0.318. The van der Waals surface area contributed by atoms with Crippen molar-refractivity contribution in [2.75, 3.05) is 37.7 Å². The van der Waals surface area contributed by atoms with Gasteiger partial charge in [-0.3, -0.25) is 14.5 Å². The molecule has 56 heavy (non-hydrogen) atoms. The van der Waals surface area contributed by atoms with Crippen molar-refractivity contribution < 1.29 is 24.2 Å². The number of aromatic nitrogens is 4. The lowest BCUT2D eigenvalue weighted by Crippen LogP contribution is -2.48. The smallest absolute Gasteiger partial charge is 0.352 e. The predicted molar refractivity (Wildman–Crippen MR) is 219 cm³/mol. The average molecular weight is 775 g/mol. The van der Waals surface area contributed by atoms with E-state index in [4.69, 9.17) is 26.2 Å². The summed E-state index contributed by atoms with van der Waals surface area (Å²) in [5.41, 5.74) is 9.17. The van der Waals surface area contributed by atoms with E-state index < -0.39 is 5.97 Å². The number of carboxylic acids is 1.